The summed E-state index contributed by atoms with van der Waals surface area (Å²) in [6, 6.07) is 5.71. The third kappa shape index (κ3) is 3.13. The molecule has 0 aliphatic carbocycles. The predicted molar refractivity (Wildman–Crippen MR) is 72.4 cm³/mol. The Bertz CT molecular complexity index is 672. The van der Waals surface area contributed by atoms with Gasteiger partial charge < -0.3 is 10.1 Å². The Morgan fingerprint density at radius 3 is 2.95 bits per heavy atom. The summed E-state index contributed by atoms with van der Waals surface area (Å²) in [4.78, 5) is 7.98. The molecule has 0 fully saturated rings. The van der Waals surface area contributed by atoms with Gasteiger partial charge in [-0.1, -0.05) is 11.6 Å². The molecule has 0 unspecified atom stereocenters. The van der Waals surface area contributed by atoms with Crippen molar-refractivity contribution in [3.63, 3.8) is 0 Å². The van der Waals surface area contributed by atoms with E-state index in [1.54, 1.807) is 0 Å². The van der Waals surface area contributed by atoms with E-state index >= 15 is 0 Å². The van der Waals surface area contributed by atoms with Gasteiger partial charge >= 0.3 is 0 Å². The molecule has 2 aromatic rings. The van der Waals surface area contributed by atoms with Crippen LogP contribution in [0.3, 0.4) is 0 Å². The second-order valence-electron chi connectivity index (χ2n) is 3.74. The zero-order chi connectivity index (χ0) is 14.5. The lowest BCUT2D eigenvalue weighted by Gasteiger charge is -2.09. The number of rotatable bonds is 4. The van der Waals surface area contributed by atoms with Crippen molar-refractivity contribution < 1.29 is 9.13 Å². The zero-order valence-corrected chi connectivity index (χ0v) is 11.3. The van der Waals surface area contributed by atoms with E-state index in [9.17, 15) is 4.39 Å². The maximum Gasteiger partial charge on any atom is 0.243 e. The van der Waals surface area contributed by atoms with Crippen LogP contribution in [0.1, 0.15) is 12.5 Å². The highest BCUT2D eigenvalue weighted by atomic mass is 35.5. The summed E-state index contributed by atoms with van der Waals surface area (Å²) in [5.41, 5.74) is 0.206. The van der Waals surface area contributed by atoms with E-state index in [-0.39, 0.29) is 22.2 Å². The summed E-state index contributed by atoms with van der Waals surface area (Å²) < 4.78 is 19.0. The molecule has 0 aliphatic rings. The SMILES string of the molecule is CCNc1ncc(Cl)c(Oc2ccc(C#N)cc2F)n1. The third-order valence-corrected chi connectivity index (χ3v) is 2.57. The molecule has 20 heavy (non-hydrogen) atoms. The molecule has 0 saturated heterocycles. The Morgan fingerprint density at radius 2 is 2.30 bits per heavy atom. The molecule has 1 heterocycles. The Labute approximate surface area is 120 Å². The van der Waals surface area contributed by atoms with Crippen LogP contribution in [0.4, 0.5) is 10.3 Å². The minimum atomic E-state index is -0.663. The molecule has 102 valence electrons. The molecule has 2 rings (SSSR count). The first-order valence-electron chi connectivity index (χ1n) is 5.78. The quantitative estimate of drug-likeness (QED) is 0.935. The topological polar surface area (TPSA) is 70.8 Å². The van der Waals surface area contributed by atoms with Crippen LogP contribution in [0.2, 0.25) is 5.02 Å². The van der Waals surface area contributed by atoms with Gasteiger partial charge in [0.05, 0.1) is 17.8 Å². The number of ether oxygens (including phenoxy) is 1. The van der Waals surface area contributed by atoms with Crippen molar-refractivity contribution in [3.05, 3.63) is 40.8 Å². The Kier molecular flexibility index (Phi) is 4.33. The van der Waals surface area contributed by atoms with Crippen LogP contribution in [0.5, 0.6) is 11.6 Å². The predicted octanol–water partition coefficient (Wildman–Crippen LogP) is 3.36. The second-order valence-corrected chi connectivity index (χ2v) is 4.14. The highest BCUT2D eigenvalue weighted by Crippen LogP contribution is 2.29. The molecule has 0 spiro atoms. The zero-order valence-electron chi connectivity index (χ0n) is 10.5. The van der Waals surface area contributed by atoms with Gasteiger partial charge in [0, 0.05) is 6.54 Å². The number of halogens is 2. The largest absolute Gasteiger partial charge is 0.434 e. The Balaban J connectivity index is 2.30. The first-order valence-corrected chi connectivity index (χ1v) is 6.15. The number of aromatic nitrogens is 2. The average molecular weight is 293 g/mol. The van der Waals surface area contributed by atoms with Crippen LogP contribution in [0.25, 0.3) is 0 Å². The molecule has 5 nitrogen and oxygen atoms in total. The number of nitrogens with one attached hydrogen (secondary N) is 1. The minimum Gasteiger partial charge on any atom is -0.434 e. The van der Waals surface area contributed by atoms with Crippen LogP contribution in [-0.2, 0) is 0 Å². The van der Waals surface area contributed by atoms with Crippen LogP contribution in [0, 0.1) is 17.1 Å². The van der Waals surface area contributed by atoms with Crippen molar-refractivity contribution in [2.24, 2.45) is 0 Å². The van der Waals surface area contributed by atoms with Crippen molar-refractivity contribution in [1.82, 2.24) is 9.97 Å². The summed E-state index contributed by atoms with van der Waals surface area (Å²) in [6.07, 6.45) is 1.36. The van der Waals surface area contributed by atoms with Gasteiger partial charge in [-0.15, -0.1) is 0 Å². The van der Waals surface area contributed by atoms with Crippen molar-refractivity contribution >= 4 is 17.5 Å². The highest BCUT2D eigenvalue weighted by molar-refractivity contribution is 6.31. The van der Waals surface area contributed by atoms with Crippen molar-refractivity contribution in [3.8, 4) is 17.7 Å². The van der Waals surface area contributed by atoms with Crippen molar-refractivity contribution in [2.75, 3.05) is 11.9 Å². The number of benzene rings is 1. The molecule has 1 aromatic carbocycles. The van der Waals surface area contributed by atoms with Gasteiger partial charge in [-0.25, -0.2) is 9.37 Å². The van der Waals surface area contributed by atoms with E-state index < -0.39 is 5.82 Å². The average Bonchev–Trinajstić information content (AvgIpc) is 2.44. The summed E-state index contributed by atoms with van der Waals surface area (Å²) in [6.45, 7) is 2.52. The monoisotopic (exact) mass is 292 g/mol. The normalized spacial score (nSPS) is 9.90. The van der Waals surface area contributed by atoms with E-state index in [2.05, 4.69) is 15.3 Å². The number of nitrogens with zero attached hydrogens (tertiary/aromatic N) is 3. The fourth-order valence-corrected chi connectivity index (χ4v) is 1.55. The van der Waals surface area contributed by atoms with Crippen molar-refractivity contribution in [2.45, 2.75) is 6.92 Å². The van der Waals surface area contributed by atoms with Gasteiger partial charge in [0.1, 0.15) is 5.02 Å². The summed E-state index contributed by atoms with van der Waals surface area (Å²) in [5, 5.41) is 11.7. The number of anilines is 1. The van der Waals surface area contributed by atoms with Gasteiger partial charge in [0.15, 0.2) is 11.6 Å². The van der Waals surface area contributed by atoms with E-state index in [4.69, 9.17) is 21.6 Å². The number of nitriles is 1. The Hall–Kier alpha value is -2.39. The first kappa shape index (κ1) is 14.0. The summed E-state index contributed by atoms with van der Waals surface area (Å²) in [7, 11) is 0. The lowest BCUT2D eigenvalue weighted by atomic mass is 10.2. The van der Waals surface area contributed by atoms with E-state index in [0.717, 1.165) is 6.07 Å². The van der Waals surface area contributed by atoms with Gasteiger partial charge in [0.25, 0.3) is 0 Å². The molecule has 0 radical (unpaired) electrons. The first-order chi connectivity index (χ1) is 9.63. The van der Waals surface area contributed by atoms with E-state index in [0.29, 0.717) is 12.5 Å². The molecule has 7 heteroatoms. The molecule has 1 aromatic heterocycles. The van der Waals surface area contributed by atoms with Crippen molar-refractivity contribution in [1.29, 1.82) is 5.26 Å². The summed E-state index contributed by atoms with van der Waals surface area (Å²) in [5.74, 6) is -0.349. The fourth-order valence-electron chi connectivity index (χ4n) is 1.42. The van der Waals surface area contributed by atoms with Gasteiger partial charge in [-0.2, -0.15) is 10.2 Å². The second kappa shape index (κ2) is 6.17. The van der Waals surface area contributed by atoms with Crippen LogP contribution in [0.15, 0.2) is 24.4 Å². The molecule has 0 aliphatic heterocycles. The lowest BCUT2D eigenvalue weighted by molar-refractivity contribution is 0.427. The van der Waals surface area contributed by atoms with Gasteiger partial charge in [-0.3, -0.25) is 0 Å². The van der Waals surface area contributed by atoms with E-state index in [1.807, 2.05) is 13.0 Å². The minimum absolute atomic E-state index is 0.0428. The van der Waals surface area contributed by atoms with Crippen LogP contribution in [-0.4, -0.2) is 16.5 Å². The molecule has 0 atom stereocenters. The fraction of sp³-hybridized carbons (Fsp3) is 0.154. The molecular weight excluding hydrogens is 283 g/mol. The molecule has 0 saturated carbocycles. The van der Waals surface area contributed by atoms with Gasteiger partial charge in [0.2, 0.25) is 11.8 Å². The van der Waals surface area contributed by atoms with Crippen LogP contribution >= 0.6 is 11.6 Å². The third-order valence-electron chi connectivity index (χ3n) is 2.31. The smallest absolute Gasteiger partial charge is 0.243 e. The van der Waals surface area contributed by atoms with E-state index in [1.165, 1.54) is 18.3 Å². The maximum atomic E-state index is 13.7. The highest BCUT2D eigenvalue weighted by Gasteiger charge is 2.11. The van der Waals surface area contributed by atoms with Crippen LogP contribution < -0.4 is 10.1 Å². The maximum absolute atomic E-state index is 13.7. The summed E-state index contributed by atoms with van der Waals surface area (Å²) >= 11 is 5.90. The number of hydrogen-bond donors (Lipinski definition) is 1. The molecule has 0 amide bonds. The molecular formula is C13H10ClFN4O. The van der Waals surface area contributed by atoms with Gasteiger partial charge in [-0.05, 0) is 25.1 Å². The molecule has 1 N–H and O–H groups in total. The Morgan fingerprint density at radius 1 is 1.50 bits per heavy atom. The standard InChI is InChI=1S/C13H10ClFN4O/c1-2-17-13-18-7-9(14)12(19-13)20-11-4-3-8(6-16)5-10(11)15/h3-5,7H,2H2,1H3,(H,17,18,19). The number of hydrogen-bond acceptors (Lipinski definition) is 5. The molecule has 0 bridgehead atoms. The lowest BCUT2D eigenvalue weighted by Crippen LogP contribution is -2.03.